The van der Waals surface area contributed by atoms with Gasteiger partial charge in [-0.1, -0.05) is 32.0 Å². The van der Waals surface area contributed by atoms with Crippen molar-refractivity contribution in [3.63, 3.8) is 0 Å². The van der Waals surface area contributed by atoms with Crippen LogP contribution in [0.15, 0.2) is 58.8 Å². The maximum absolute atomic E-state index is 12.9. The van der Waals surface area contributed by atoms with Gasteiger partial charge in [0.25, 0.3) is 11.8 Å². The van der Waals surface area contributed by atoms with E-state index < -0.39 is 0 Å². The average molecular weight is 340 g/mol. The molecular weight excluding hydrogens is 316 g/mol. The van der Waals surface area contributed by atoms with Gasteiger partial charge in [-0.15, -0.1) is 0 Å². The topological polar surface area (TPSA) is 62.6 Å². The minimum atomic E-state index is -0.320. The van der Waals surface area contributed by atoms with Gasteiger partial charge in [0, 0.05) is 24.7 Å². The lowest BCUT2D eigenvalue weighted by atomic mass is 10.2. The number of nitrogens with one attached hydrogen (secondary N) is 1. The number of rotatable bonds is 8. The Bertz CT molecular complexity index is 700. The largest absolute Gasteiger partial charge is 0.465 e. The molecular formula is C20H24N2O3. The van der Waals surface area contributed by atoms with Crippen molar-refractivity contribution in [2.45, 2.75) is 26.7 Å². The Morgan fingerprint density at radius 2 is 1.72 bits per heavy atom. The van der Waals surface area contributed by atoms with Crippen LogP contribution in [0.3, 0.4) is 0 Å². The monoisotopic (exact) mass is 340 g/mol. The van der Waals surface area contributed by atoms with Crippen LogP contribution in [0.25, 0.3) is 6.08 Å². The zero-order valence-corrected chi connectivity index (χ0v) is 14.7. The van der Waals surface area contributed by atoms with Crippen molar-refractivity contribution in [1.82, 2.24) is 10.2 Å². The van der Waals surface area contributed by atoms with E-state index in [0.29, 0.717) is 24.4 Å². The van der Waals surface area contributed by atoms with Gasteiger partial charge in [0.05, 0.1) is 6.26 Å². The second-order valence-corrected chi connectivity index (χ2v) is 5.69. The standard InChI is InChI=1S/C20H24N2O3/c1-3-12-22(13-4-2)20(24)18(15-17-11-8-14-25-17)21-19(23)16-9-6-5-7-10-16/h5-11,14-15H,3-4,12-13H2,1-2H3,(H,21,23)/b18-15-. The van der Waals surface area contributed by atoms with Gasteiger partial charge in [-0.2, -0.15) is 0 Å². The number of benzene rings is 1. The molecule has 0 aliphatic carbocycles. The van der Waals surface area contributed by atoms with E-state index in [0.717, 1.165) is 12.8 Å². The molecule has 0 radical (unpaired) electrons. The highest BCUT2D eigenvalue weighted by atomic mass is 16.3. The summed E-state index contributed by atoms with van der Waals surface area (Å²) in [4.78, 5) is 27.1. The molecule has 0 unspecified atom stereocenters. The Kier molecular flexibility index (Phi) is 7.01. The van der Waals surface area contributed by atoms with E-state index in [1.165, 1.54) is 6.26 Å². The van der Waals surface area contributed by atoms with E-state index in [9.17, 15) is 9.59 Å². The first-order chi connectivity index (χ1) is 12.2. The van der Waals surface area contributed by atoms with Crippen LogP contribution < -0.4 is 5.32 Å². The molecule has 0 saturated carbocycles. The maximum Gasteiger partial charge on any atom is 0.270 e. The molecule has 0 fully saturated rings. The fourth-order valence-electron chi connectivity index (χ4n) is 2.48. The van der Waals surface area contributed by atoms with Crippen LogP contribution in [-0.2, 0) is 4.79 Å². The van der Waals surface area contributed by atoms with Gasteiger partial charge < -0.3 is 14.6 Å². The van der Waals surface area contributed by atoms with E-state index in [-0.39, 0.29) is 17.5 Å². The number of nitrogens with zero attached hydrogens (tertiary/aromatic N) is 1. The van der Waals surface area contributed by atoms with E-state index in [4.69, 9.17) is 4.42 Å². The first-order valence-electron chi connectivity index (χ1n) is 8.56. The third-order valence-corrected chi connectivity index (χ3v) is 3.62. The van der Waals surface area contributed by atoms with Crippen LogP contribution in [0.1, 0.15) is 42.8 Å². The third kappa shape index (κ3) is 5.35. The maximum atomic E-state index is 12.9. The molecule has 0 aliphatic heterocycles. The Labute approximate surface area is 148 Å². The van der Waals surface area contributed by atoms with Crippen LogP contribution in [0.2, 0.25) is 0 Å². The molecule has 2 aromatic rings. The number of carbonyl (C=O) groups is 2. The van der Waals surface area contributed by atoms with Gasteiger partial charge in [-0.3, -0.25) is 9.59 Å². The van der Waals surface area contributed by atoms with Crippen LogP contribution in [0.5, 0.6) is 0 Å². The minimum Gasteiger partial charge on any atom is -0.465 e. The number of hydrogen-bond donors (Lipinski definition) is 1. The zero-order chi connectivity index (χ0) is 18.1. The summed E-state index contributed by atoms with van der Waals surface area (Å²) in [6, 6.07) is 12.3. The Morgan fingerprint density at radius 1 is 1.04 bits per heavy atom. The summed E-state index contributed by atoms with van der Waals surface area (Å²) in [5.74, 6) is -0.00579. The molecule has 0 spiro atoms. The molecule has 0 saturated heterocycles. The highest BCUT2D eigenvalue weighted by molar-refractivity contribution is 6.05. The summed E-state index contributed by atoms with van der Waals surface area (Å²) >= 11 is 0. The second kappa shape index (κ2) is 9.47. The van der Waals surface area contributed by atoms with E-state index in [2.05, 4.69) is 5.32 Å². The third-order valence-electron chi connectivity index (χ3n) is 3.62. The molecule has 2 rings (SSSR count). The van der Waals surface area contributed by atoms with Gasteiger partial charge in [-0.05, 0) is 37.1 Å². The average Bonchev–Trinajstić information content (AvgIpc) is 3.14. The number of furan rings is 1. The molecule has 0 atom stereocenters. The SMILES string of the molecule is CCCN(CCC)C(=O)/C(=C/c1ccco1)NC(=O)c1ccccc1. The number of hydrogen-bond acceptors (Lipinski definition) is 3. The molecule has 2 amide bonds. The van der Waals surface area contributed by atoms with Gasteiger partial charge >= 0.3 is 0 Å². The Morgan fingerprint density at radius 3 is 2.28 bits per heavy atom. The fourth-order valence-corrected chi connectivity index (χ4v) is 2.48. The van der Waals surface area contributed by atoms with Crippen LogP contribution in [-0.4, -0.2) is 29.8 Å². The summed E-state index contributed by atoms with van der Waals surface area (Å²) in [7, 11) is 0. The van der Waals surface area contributed by atoms with E-state index in [1.54, 1.807) is 47.4 Å². The zero-order valence-electron chi connectivity index (χ0n) is 14.7. The fraction of sp³-hybridized carbons (Fsp3) is 0.300. The van der Waals surface area contributed by atoms with Crippen LogP contribution in [0.4, 0.5) is 0 Å². The summed E-state index contributed by atoms with van der Waals surface area (Å²) in [5.41, 5.74) is 0.712. The lowest BCUT2D eigenvalue weighted by Crippen LogP contribution is -2.39. The minimum absolute atomic E-state index is 0.204. The molecule has 0 bridgehead atoms. The predicted octanol–water partition coefficient (Wildman–Crippen LogP) is 3.70. The van der Waals surface area contributed by atoms with Crippen molar-refractivity contribution in [3.05, 3.63) is 65.7 Å². The van der Waals surface area contributed by atoms with Gasteiger partial charge in [-0.25, -0.2) is 0 Å². The Balaban J connectivity index is 2.27. The lowest BCUT2D eigenvalue weighted by Gasteiger charge is -2.23. The van der Waals surface area contributed by atoms with Crippen molar-refractivity contribution in [1.29, 1.82) is 0 Å². The van der Waals surface area contributed by atoms with Gasteiger partial charge in [0.1, 0.15) is 11.5 Å². The number of amides is 2. The van der Waals surface area contributed by atoms with Crippen molar-refractivity contribution in [2.24, 2.45) is 0 Å². The lowest BCUT2D eigenvalue weighted by molar-refractivity contribution is -0.127. The summed E-state index contributed by atoms with van der Waals surface area (Å²) in [6.07, 6.45) is 4.81. The van der Waals surface area contributed by atoms with Crippen LogP contribution in [0, 0.1) is 0 Å². The number of carbonyl (C=O) groups excluding carboxylic acids is 2. The summed E-state index contributed by atoms with van der Waals surface area (Å²) in [6.45, 7) is 5.33. The van der Waals surface area contributed by atoms with Crippen molar-refractivity contribution in [3.8, 4) is 0 Å². The van der Waals surface area contributed by atoms with Gasteiger partial charge in [0.15, 0.2) is 0 Å². The molecule has 1 heterocycles. The first-order valence-corrected chi connectivity index (χ1v) is 8.56. The molecule has 5 heteroatoms. The summed E-state index contributed by atoms with van der Waals surface area (Å²) < 4.78 is 5.30. The van der Waals surface area contributed by atoms with Crippen molar-refractivity contribution in [2.75, 3.05) is 13.1 Å². The first kappa shape index (κ1) is 18.5. The normalized spacial score (nSPS) is 11.2. The van der Waals surface area contributed by atoms with Gasteiger partial charge in [0.2, 0.25) is 0 Å². The molecule has 25 heavy (non-hydrogen) atoms. The van der Waals surface area contributed by atoms with Crippen LogP contribution >= 0.6 is 0 Å². The molecule has 132 valence electrons. The van der Waals surface area contributed by atoms with E-state index >= 15 is 0 Å². The molecule has 5 nitrogen and oxygen atoms in total. The molecule has 0 aliphatic rings. The molecule has 1 aromatic heterocycles. The van der Waals surface area contributed by atoms with Crippen molar-refractivity contribution >= 4 is 17.9 Å². The quantitative estimate of drug-likeness (QED) is 0.745. The summed E-state index contributed by atoms with van der Waals surface area (Å²) in [5, 5.41) is 2.74. The van der Waals surface area contributed by atoms with E-state index in [1.807, 2.05) is 19.9 Å². The smallest absolute Gasteiger partial charge is 0.270 e. The highest BCUT2D eigenvalue weighted by Gasteiger charge is 2.20. The second-order valence-electron chi connectivity index (χ2n) is 5.69. The van der Waals surface area contributed by atoms with Crippen molar-refractivity contribution < 1.29 is 14.0 Å². The molecule has 1 aromatic carbocycles. The highest BCUT2D eigenvalue weighted by Crippen LogP contribution is 2.11. The molecule has 1 N–H and O–H groups in total. The Hall–Kier alpha value is -2.82. The predicted molar refractivity (Wildman–Crippen MR) is 97.8 cm³/mol.